The highest BCUT2D eigenvalue weighted by atomic mass is 15.1. The molecular formula is C26H35N2+. The van der Waals surface area contributed by atoms with Crippen molar-refractivity contribution < 1.29 is 4.57 Å². The molecule has 2 aromatic rings. The lowest BCUT2D eigenvalue weighted by molar-refractivity contribution is -0.579. The second-order valence-electron chi connectivity index (χ2n) is 9.43. The minimum atomic E-state index is 0.508. The predicted octanol–water partition coefficient (Wildman–Crippen LogP) is 6.62. The fraction of sp³-hybridized carbons (Fsp3) is 0.500. The summed E-state index contributed by atoms with van der Waals surface area (Å²) in [5.41, 5.74) is 8.94. The number of imidazole rings is 1. The summed E-state index contributed by atoms with van der Waals surface area (Å²) < 4.78 is 4.77. The Morgan fingerprint density at radius 2 is 1.82 bits per heavy atom. The number of aromatic nitrogens is 2. The van der Waals surface area contributed by atoms with Crippen molar-refractivity contribution in [2.45, 2.75) is 72.6 Å². The number of hydrogen-bond acceptors (Lipinski definition) is 0. The SMILES string of the molecule is CC(C)C1=C2C(=CCC1)C(C)CC(C)c1cccc(C(C)C)c1-n1cc[n+]2c1. The van der Waals surface area contributed by atoms with E-state index in [0.29, 0.717) is 23.7 Å². The lowest BCUT2D eigenvalue weighted by Gasteiger charge is -2.28. The highest BCUT2D eigenvalue weighted by Gasteiger charge is 2.31. The first kappa shape index (κ1) is 19.2. The molecule has 0 amide bonds. The number of fused-ring (bicyclic) bond motifs is 6. The third kappa shape index (κ3) is 3.17. The van der Waals surface area contributed by atoms with Gasteiger partial charge in [0, 0.05) is 11.1 Å². The molecule has 148 valence electrons. The Morgan fingerprint density at radius 3 is 2.54 bits per heavy atom. The van der Waals surface area contributed by atoms with Gasteiger partial charge in [-0.25, -0.2) is 9.13 Å². The van der Waals surface area contributed by atoms with Crippen LogP contribution in [0.4, 0.5) is 0 Å². The van der Waals surface area contributed by atoms with Crippen LogP contribution in [-0.4, -0.2) is 4.57 Å². The van der Waals surface area contributed by atoms with Crippen molar-refractivity contribution in [3.05, 3.63) is 65.3 Å². The maximum absolute atomic E-state index is 2.51. The lowest BCUT2D eigenvalue weighted by Crippen LogP contribution is -2.36. The molecule has 2 unspecified atom stereocenters. The van der Waals surface area contributed by atoms with Gasteiger partial charge in [0.1, 0.15) is 23.8 Å². The summed E-state index contributed by atoms with van der Waals surface area (Å²) in [6.45, 7) is 14.1. The van der Waals surface area contributed by atoms with E-state index in [9.17, 15) is 0 Å². The van der Waals surface area contributed by atoms with Crippen molar-refractivity contribution in [2.75, 3.05) is 0 Å². The van der Waals surface area contributed by atoms with E-state index in [0.717, 1.165) is 0 Å². The van der Waals surface area contributed by atoms with Gasteiger partial charge in [0.25, 0.3) is 6.33 Å². The number of para-hydroxylation sites is 1. The molecule has 0 spiro atoms. The van der Waals surface area contributed by atoms with Gasteiger partial charge in [0.05, 0.1) is 0 Å². The van der Waals surface area contributed by atoms with Gasteiger partial charge in [-0.05, 0) is 54.1 Å². The van der Waals surface area contributed by atoms with E-state index in [1.54, 1.807) is 11.1 Å². The quantitative estimate of drug-likeness (QED) is 0.522. The number of benzene rings is 1. The van der Waals surface area contributed by atoms with E-state index in [2.05, 4.69) is 93.7 Å². The average molecular weight is 376 g/mol. The zero-order valence-electron chi connectivity index (χ0n) is 18.4. The third-order valence-electron chi connectivity index (χ3n) is 6.69. The van der Waals surface area contributed by atoms with E-state index in [-0.39, 0.29) is 0 Å². The van der Waals surface area contributed by atoms with E-state index >= 15 is 0 Å². The second-order valence-corrected chi connectivity index (χ2v) is 9.43. The van der Waals surface area contributed by atoms with Crippen molar-refractivity contribution >= 4 is 5.70 Å². The maximum Gasteiger partial charge on any atom is 0.254 e. The fourth-order valence-electron chi connectivity index (χ4n) is 5.24. The molecule has 0 radical (unpaired) electrons. The van der Waals surface area contributed by atoms with Crippen LogP contribution in [0.1, 0.15) is 83.8 Å². The second kappa shape index (κ2) is 7.39. The molecule has 2 aliphatic rings. The molecule has 0 fully saturated rings. The van der Waals surface area contributed by atoms with Crippen LogP contribution in [0.25, 0.3) is 11.4 Å². The Bertz CT molecular complexity index is 939. The van der Waals surface area contributed by atoms with Crippen LogP contribution in [-0.2, 0) is 0 Å². The van der Waals surface area contributed by atoms with Crippen LogP contribution >= 0.6 is 0 Å². The number of allylic oxidation sites excluding steroid dienone is 4. The molecule has 4 rings (SSSR count). The molecule has 28 heavy (non-hydrogen) atoms. The molecule has 2 nitrogen and oxygen atoms in total. The van der Waals surface area contributed by atoms with Gasteiger partial charge in [-0.2, -0.15) is 0 Å². The zero-order valence-corrected chi connectivity index (χ0v) is 18.4. The molecule has 2 atom stereocenters. The molecule has 1 aliphatic heterocycles. The predicted molar refractivity (Wildman–Crippen MR) is 118 cm³/mol. The third-order valence-corrected chi connectivity index (χ3v) is 6.69. The van der Waals surface area contributed by atoms with Gasteiger partial charge in [-0.3, -0.25) is 0 Å². The summed E-state index contributed by atoms with van der Waals surface area (Å²) in [7, 11) is 0. The van der Waals surface area contributed by atoms with Crippen LogP contribution in [0, 0.1) is 11.8 Å². The maximum atomic E-state index is 2.51. The minimum absolute atomic E-state index is 0.508. The molecule has 0 saturated heterocycles. The van der Waals surface area contributed by atoms with E-state index in [1.165, 1.54) is 41.8 Å². The first-order chi connectivity index (χ1) is 13.4. The largest absolute Gasteiger partial charge is 0.254 e. The summed E-state index contributed by atoms with van der Waals surface area (Å²) in [5, 5.41) is 0. The Hall–Kier alpha value is -2.09. The Kier molecular flexibility index (Phi) is 5.07. The Morgan fingerprint density at radius 1 is 1.04 bits per heavy atom. The number of rotatable bonds is 2. The van der Waals surface area contributed by atoms with Gasteiger partial charge in [0.2, 0.25) is 0 Å². The van der Waals surface area contributed by atoms with Crippen molar-refractivity contribution in [1.82, 2.24) is 4.57 Å². The molecule has 0 N–H and O–H groups in total. The lowest BCUT2D eigenvalue weighted by atomic mass is 9.79. The first-order valence-corrected chi connectivity index (χ1v) is 11.0. The van der Waals surface area contributed by atoms with Crippen LogP contribution < -0.4 is 4.57 Å². The fourth-order valence-corrected chi connectivity index (χ4v) is 5.24. The molecule has 2 heterocycles. The molecule has 1 aromatic heterocycles. The number of nitrogens with zero attached hydrogens (tertiary/aromatic N) is 2. The topological polar surface area (TPSA) is 8.81 Å². The summed E-state index contributed by atoms with van der Waals surface area (Å²) in [4.78, 5) is 0. The molecule has 1 aromatic carbocycles. The van der Waals surface area contributed by atoms with E-state index in [1.807, 2.05) is 0 Å². The summed E-state index contributed by atoms with van der Waals surface area (Å²) in [6.07, 6.45) is 12.9. The van der Waals surface area contributed by atoms with Gasteiger partial charge in [0.15, 0.2) is 0 Å². The monoisotopic (exact) mass is 375 g/mol. The smallest absolute Gasteiger partial charge is 0.202 e. The van der Waals surface area contributed by atoms with Gasteiger partial charge >= 0.3 is 0 Å². The Labute approximate surface area is 170 Å². The highest BCUT2D eigenvalue weighted by molar-refractivity contribution is 5.63. The Balaban J connectivity index is 2.00. The van der Waals surface area contributed by atoms with Crippen LogP contribution in [0.5, 0.6) is 0 Å². The van der Waals surface area contributed by atoms with Crippen LogP contribution in [0.15, 0.2) is 54.1 Å². The van der Waals surface area contributed by atoms with Gasteiger partial charge < -0.3 is 0 Å². The van der Waals surface area contributed by atoms with Crippen molar-refractivity contribution in [3.63, 3.8) is 0 Å². The molecule has 0 saturated carbocycles. The summed E-state index contributed by atoms with van der Waals surface area (Å²) in [5.74, 6) is 2.18. The van der Waals surface area contributed by atoms with E-state index in [4.69, 9.17) is 0 Å². The highest BCUT2D eigenvalue weighted by Crippen LogP contribution is 2.40. The molecule has 1 aliphatic carbocycles. The summed E-state index contributed by atoms with van der Waals surface area (Å²) in [6, 6.07) is 6.90. The molecule has 2 bridgehead atoms. The average Bonchev–Trinajstić information content (AvgIpc) is 3.15. The standard InChI is InChI=1S/C26H35N2/c1-17(2)21-9-7-11-23-19(5)15-20(6)24-12-8-10-22(18(3)4)26(24)28-14-13-27(16-28)25(21)23/h7,9,11-14,16-20H,8,10,15H2,1-6H3/q+1. The number of hydrogen-bond donors (Lipinski definition) is 0. The van der Waals surface area contributed by atoms with Crippen molar-refractivity contribution in [1.29, 1.82) is 0 Å². The van der Waals surface area contributed by atoms with Crippen molar-refractivity contribution in [2.24, 2.45) is 11.8 Å². The van der Waals surface area contributed by atoms with Crippen LogP contribution in [0.2, 0.25) is 0 Å². The van der Waals surface area contributed by atoms with Gasteiger partial charge in [-0.1, -0.05) is 65.8 Å². The van der Waals surface area contributed by atoms with Crippen LogP contribution in [0.3, 0.4) is 0 Å². The van der Waals surface area contributed by atoms with E-state index < -0.39 is 0 Å². The zero-order chi connectivity index (χ0) is 20.0. The van der Waals surface area contributed by atoms with Gasteiger partial charge in [-0.15, -0.1) is 0 Å². The minimum Gasteiger partial charge on any atom is -0.202 e. The normalized spacial score (nSPS) is 22.2. The molecular weight excluding hydrogens is 340 g/mol. The van der Waals surface area contributed by atoms with Crippen molar-refractivity contribution in [3.8, 4) is 5.69 Å². The summed E-state index contributed by atoms with van der Waals surface area (Å²) >= 11 is 0. The first-order valence-electron chi connectivity index (χ1n) is 11.0. The molecule has 2 heteroatoms.